The maximum atomic E-state index is 11.7. The largest absolute Gasteiger partial charge is 0.481 e. The molecule has 0 fully saturated rings. The molecule has 2 nitrogen and oxygen atoms in total. The lowest BCUT2D eigenvalue weighted by Gasteiger charge is -2.26. The van der Waals surface area contributed by atoms with Crippen LogP contribution in [-0.2, 0) is 4.79 Å². The van der Waals surface area contributed by atoms with Gasteiger partial charge in [0, 0.05) is 0 Å². The molecule has 0 radical (unpaired) electrons. The Morgan fingerprint density at radius 3 is 1.86 bits per heavy atom. The minimum absolute atomic E-state index is 0.525. The second-order valence-electron chi connectivity index (χ2n) is 8.47. The summed E-state index contributed by atoms with van der Waals surface area (Å²) in [4.78, 5) is 11.7. The van der Waals surface area contributed by atoms with Crippen LogP contribution in [0.1, 0.15) is 99.3 Å². The maximum absolute atomic E-state index is 11.7. The molecule has 2 unspecified atom stereocenters. The molecule has 0 aliphatic carbocycles. The van der Waals surface area contributed by atoms with Crippen LogP contribution >= 0.6 is 0 Å². The van der Waals surface area contributed by atoms with Crippen LogP contribution in [0.4, 0.5) is 0 Å². The minimum atomic E-state index is -0.605. The Balaban J connectivity index is 4.13. The van der Waals surface area contributed by atoms with Crippen LogP contribution in [0.25, 0.3) is 0 Å². The Bertz CT molecular complexity index is 296. The quantitative estimate of drug-likeness (QED) is 0.392. The van der Waals surface area contributed by atoms with Gasteiger partial charge in [-0.15, -0.1) is 0 Å². The van der Waals surface area contributed by atoms with E-state index in [9.17, 15) is 9.90 Å². The van der Waals surface area contributed by atoms with Gasteiger partial charge in [0.2, 0.25) is 0 Å². The highest BCUT2D eigenvalue weighted by atomic mass is 16.4. The van der Waals surface area contributed by atoms with E-state index >= 15 is 0 Å². The van der Waals surface area contributed by atoms with Crippen LogP contribution in [0.15, 0.2) is 0 Å². The number of unbranched alkanes of at least 4 members (excludes halogenated alkanes) is 1. The van der Waals surface area contributed by atoms with Crippen molar-refractivity contribution in [2.45, 2.75) is 99.3 Å². The Labute approximate surface area is 139 Å². The molecular weight excluding hydrogens is 272 g/mol. The van der Waals surface area contributed by atoms with E-state index in [-0.39, 0.29) is 0 Å². The van der Waals surface area contributed by atoms with Crippen LogP contribution < -0.4 is 0 Å². The van der Waals surface area contributed by atoms with E-state index in [2.05, 4.69) is 34.6 Å². The van der Waals surface area contributed by atoms with Gasteiger partial charge in [-0.2, -0.15) is 0 Å². The zero-order chi connectivity index (χ0) is 17.2. The third kappa shape index (κ3) is 10.2. The van der Waals surface area contributed by atoms with E-state index in [0.29, 0.717) is 5.92 Å². The number of carboxylic acid groups (broad SMARTS) is 1. The molecule has 0 amide bonds. The van der Waals surface area contributed by atoms with Gasteiger partial charge in [-0.1, -0.05) is 73.1 Å². The summed E-state index contributed by atoms with van der Waals surface area (Å²) in [6.07, 6.45) is 9.91. The summed E-state index contributed by atoms with van der Waals surface area (Å²) >= 11 is 0. The van der Waals surface area contributed by atoms with Gasteiger partial charge < -0.3 is 5.11 Å². The Morgan fingerprint density at radius 1 is 0.818 bits per heavy atom. The molecule has 0 saturated carbocycles. The molecule has 132 valence electrons. The molecule has 2 heteroatoms. The van der Waals surface area contributed by atoms with Gasteiger partial charge in [0.1, 0.15) is 0 Å². The second-order valence-corrected chi connectivity index (χ2v) is 8.47. The van der Waals surface area contributed by atoms with E-state index in [1.165, 1.54) is 25.7 Å². The molecule has 0 bridgehead atoms. The first kappa shape index (κ1) is 21.5. The number of carboxylic acids is 1. The average Bonchev–Trinajstić information content (AvgIpc) is 2.40. The molecule has 0 heterocycles. The van der Waals surface area contributed by atoms with Gasteiger partial charge in [0.05, 0.1) is 5.41 Å². The van der Waals surface area contributed by atoms with Gasteiger partial charge in [-0.05, 0) is 43.9 Å². The van der Waals surface area contributed by atoms with E-state index < -0.39 is 11.4 Å². The van der Waals surface area contributed by atoms with Crippen LogP contribution in [0.2, 0.25) is 0 Å². The molecule has 0 aromatic rings. The maximum Gasteiger partial charge on any atom is 0.309 e. The smallest absolute Gasteiger partial charge is 0.309 e. The Kier molecular flexibility index (Phi) is 10.8. The molecule has 0 spiro atoms. The molecule has 0 aromatic heterocycles. The van der Waals surface area contributed by atoms with Crippen molar-refractivity contribution in [3.05, 3.63) is 0 Å². The van der Waals surface area contributed by atoms with Crippen LogP contribution in [0, 0.1) is 23.2 Å². The van der Waals surface area contributed by atoms with Crippen molar-refractivity contribution < 1.29 is 9.90 Å². The van der Waals surface area contributed by atoms with Crippen LogP contribution in [-0.4, -0.2) is 11.1 Å². The van der Waals surface area contributed by atoms with Gasteiger partial charge in [0.15, 0.2) is 0 Å². The molecule has 0 aliphatic rings. The van der Waals surface area contributed by atoms with Crippen molar-refractivity contribution in [1.82, 2.24) is 0 Å². The first-order valence-corrected chi connectivity index (χ1v) is 9.40. The van der Waals surface area contributed by atoms with E-state index in [1.807, 2.05) is 6.92 Å². The van der Waals surface area contributed by atoms with Gasteiger partial charge in [0.25, 0.3) is 0 Å². The fourth-order valence-corrected chi connectivity index (χ4v) is 2.99. The third-order valence-electron chi connectivity index (χ3n) is 4.94. The van der Waals surface area contributed by atoms with Crippen molar-refractivity contribution in [3.8, 4) is 0 Å². The Hall–Kier alpha value is -0.530. The molecule has 2 atom stereocenters. The molecule has 0 saturated heterocycles. The number of aliphatic carboxylic acids is 1. The second kappa shape index (κ2) is 11.1. The fraction of sp³-hybridized carbons (Fsp3) is 0.950. The summed E-state index contributed by atoms with van der Waals surface area (Å²) in [6, 6.07) is 0. The molecule has 0 aromatic carbocycles. The summed E-state index contributed by atoms with van der Waals surface area (Å²) in [5, 5.41) is 9.60. The van der Waals surface area contributed by atoms with Crippen molar-refractivity contribution in [1.29, 1.82) is 0 Å². The van der Waals surface area contributed by atoms with Gasteiger partial charge >= 0.3 is 5.97 Å². The topological polar surface area (TPSA) is 37.3 Å². The standard InChI is InChI=1S/C20H40O2/c1-16(2)10-7-8-14-20(6,19(21)22)15-13-18(5)12-9-11-17(3)4/h16-18H,7-15H2,1-6H3,(H,21,22). The lowest BCUT2D eigenvalue weighted by Crippen LogP contribution is -2.28. The molecular formula is C20H40O2. The van der Waals surface area contributed by atoms with Crippen molar-refractivity contribution in [3.63, 3.8) is 0 Å². The summed E-state index contributed by atoms with van der Waals surface area (Å²) in [5.41, 5.74) is -0.525. The molecule has 0 rings (SSSR count). The van der Waals surface area contributed by atoms with Crippen molar-refractivity contribution in [2.24, 2.45) is 23.2 Å². The van der Waals surface area contributed by atoms with E-state index in [0.717, 1.165) is 43.9 Å². The summed E-state index contributed by atoms with van der Waals surface area (Å²) in [6.45, 7) is 13.2. The predicted octanol–water partition coefficient (Wildman–Crippen LogP) is 6.54. The Morgan fingerprint density at radius 2 is 1.36 bits per heavy atom. The highest BCUT2D eigenvalue weighted by Gasteiger charge is 2.32. The molecule has 1 N–H and O–H groups in total. The summed E-state index contributed by atoms with van der Waals surface area (Å²) < 4.78 is 0. The zero-order valence-corrected chi connectivity index (χ0v) is 16.0. The minimum Gasteiger partial charge on any atom is -0.481 e. The number of carbonyl (C=O) groups is 1. The van der Waals surface area contributed by atoms with E-state index in [4.69, 9.17) is 0 Å². The molecule has 22 heavy (non-hydrogen) atoms. The first-order valence-electron chi connectivity index (χ1n) is 9.40. The first-order chi connectivity index (χ1) is 10.2. The monoisotopic (exact) mass is 312 g/mol. The third-order valence-corrected chi connectivity index (χ3v) is 4.94. The highest BCUT2D eigenvalue weighted by Crippen LogP contribution is 2.33. The van der Waals surface area contributed by atoms with Crippen molar-refractivity contribution >= 4 is 5.97 Å². The highest BCUT2D eigenvalue weighted by molar-refractivity contribution is 5.74. The van der Waals surface area contributed by atoms with Gasteiger partial charge in [-0.3, -0.25) is 4.79 Å². The summed E-state index contributed by atoms with van der Waals surface area (Å²) in [7, 11) is 0. The zero-order valence-electron chi connectivity index (χ0n) is 16.0. The SMILES string of the molecule is CC(C)CCCCC(C)(CCC(C)CCCC(C)C)C(=O)O. The predicted molar refractivity (Wildman–Crippen MR) is 96.1 cm³/mol. The number of hydrogen-bond donors (Lipinski definition) is 1. The van der Waals surface area contributed by atoms with E-state index in [1.54, 1.807) is 0 Å². The number of rotatable bonds is 13. The van der Waals surface area contributed by atoms with Crippen LogP contribution in [0.5, 0.6) is 0 Å². The normalized spacial score (nSPS) is 16.0. The number of hydrogen-bond acceptors (Lipinski definition) is 1. The average molecular weight is 313 g/mol. The van der Waals surface area contributed by atoms with Gasteiger partial charge in [-0.25, -0.2) is 0 Å². The fourth-order valence-electron chi connectivity index (χ4n) is 2.99. The molecule has 0 aliphatic heterocycles. The lowest BCUT2D eigenvalue weighted by atomic mass is 9.78. The van der Waals surface area contributed by atoms with Crippen molar-refractivity contribution in [2.75, 3.05) is 0 Å². The summed E-state index contributed by atoms with van der Waals surface area (Å²) in [5.74, 6) is 1.54. The van der Waals surface area contributed by atoms with Crippen LogP contribution in [0.3, 0.4) is 0 Å². The lowest BCUT2D eigenvalue weighted by molar-refractivity contribution is -0.149.